The van der Waals surface area contributed by atoms with Gasteiger partial charge in [-0.1, -0.05) is 76.2 Å². The normalized spacial score (nSPS) is 11.1. The van der Waals surface area contributed by atoms with Gasteiger partial charge < -0.3 is 10.2 Å². The van der Waals surface area contributed by atoms with Gasteiger partial charge in [0, 0.05) is 11.1 Å². The summed E-state index contributed by atoms with van der Waals surface area (Å²) in [6.07, 6.45) is 0. The van der Waals surface area contributed by atoms with Gasteiger partial charge in [0.25, 0.3) is 0 Å². The first-order valence-electron chi connectivity index (χ1n) is 10.0. The fourth-order valence-electron chi connectivity index (χ4n) is 3.63. The summed E-state index contributed by atoms with van der Waals surface area (Å²) in [5, 5.41) is 19.7. The molecule has 0 atom stereocenters. The third kappa shape index (κ3) is 4.13. The third-order valence-corrected chi connectivity index (χ3v) is 5.40. The third-order valence-electron chi connectivity index (χ3n) is 5.40. The van der Waals surface area contributed by atoms with Gasteiger partial charge in [0.1, 0.15) is 0 Å². The van der Waals surface area contributed by atoms with Gasteiger partial charge >= 0.3 is 11.9 Å². The topological polar surface area (TPSA) is 74.6 Å². The lowest BCUT2D eigenvalue weighted by Gasteiger charge is -2.18. The molecule has 0 amide bonds. The van der Waals surface area contributed by atoms with E-state index in [2.05, 4.69) is 27.7 Å². The Morgan fingerprint density at radius 1 is 0.567 bits per heavy atom. The van der Waals surface area contributed by atoms with Crippen molar-refractivity contribution < 1.29 is 19.8 Å². The number of carboxylic acids is 2. The lowest BCUT2D eigenvalue weighted by atomic mass is 9.85. The van der Waals surface area contributed by atoms with Gasteiger partial charge in [-0.25, -0.2) is 9.59 Å². The summed E-state index contributed by atoms with van der Waals surface area (Å²) in [4.78, 5) is 24.1. The van der Waals surface area contributed by atoms with Crippen molar-refractivity contribution in [1.29, 1.82) is 0 Å². The highest BCUT2D eigenvalue weighted by Crippen LogP contribution is 2.39. The van der Waals surface area contributed by atoms with Crippen molar-refractivity contribution in [3.05, 3.63) is 82.9 Å². The lowest BCUT2D eigenvalue weighted by molar-refractivity contribution is 0.0682. The van der Waals surface area contributed by atoms with Gasteiger partial charge in [0.15, 0.2) is 0 Å². The molecule has 4 heteroatoms. The quantitative estimate of drug-likeness (QED) is 0.483. The van der Waals surface area contributed by atoms with Crippen LogP contribution in [-0.4, -0.2) is 22.2 Å². The van der Waals surface area contributed by atoms with Crippen molar-refractivity contribution in [3.8, 4) is 22.3 Å². The highest BCUT2D eigenvalue weighted by Gasteiger charge is 2.23. The Hall–Kier alpha value is -3.40. The zero-order valence-corrected chi connectivity index (χ0v) is 17.6. The number of hydrogen-bond acceptors (Lipinski definition) is 2. The SMILES string of the molecule is CC(C)c1ccc(-c2c(C(=O)O)ccc(C(=O)O)c2-c2ccc(C(C)C)cc2)cc1. The average molecular weight is 402 g/mol. The summed E-state index contributed by atoms with van der Waals surface area (Å²) in [6, 6.07) is 18.1. The van der Waals surface area contributed by atoms with Crippen LogP contribution in [0.1, 0.15) is 71.4 Å². The largest absolute Gasteiger partial charge is 0.478 e. The van der Waals surface area contributed by atoms with Crippen molar-refractivity contribution in [1.82, 2.24) is 0 Å². The molecule has 0 saturated carbocycles. The second kappa shape index (κ2) is 8.54. The number of aromatic carboxylic acids is 2. The Morgan fingerprint density at radius 2 is 0.867 bits per heavy atom. The predicted molar refractivity (Wildman–Crippen MR) is 119 cm³/mol. The fraction of sp³-hybridized carbons (Fsp3) is 0.231. The smallest absolute Gasteiger partial charge is 0.336 e. The van der Waals surface area contributed by atoms with E-state index < -0.39 is 11.9 Å². The van der Waals surface area contributed by atoms with Gasteiger partial charge in [0.05, 0.1) is 11.1 Å². The van der Waals surface area contributed by atoms with E-state index in [-0.39, 0.29) is 11.1 Å². The fourth-order valence-corrected chi connectivity index (χ4v) is 3.63. The van der Waals surface area contributed by atoms with E-state index in [1.807, 2.05) is 48.5 Å². The molecule has 30 heavy (non-hydrogen) atoms. The van der Waals surface area contributed by atoms with Crippen LogP contribution in [-0.2, 0) is 0 Å². The first-order valence-corrected chi connectivity index (χ1v) is 10.0. The van der Waals surface area contributed by atoms with Crippen LogP contribution in [0.15, 0.2) is 60.7 Å². The Bertz CT molecular complexity index is 987. The predicted octanol–water partition coefficient (Wildman–Crippen LogP) is 6.66. The Balaban J connectivity index is 2.33. The number of carboxylic acid groups (broad SMARTS) is 2. The molecule has 0 heterocycles. The molecule has 0 bridgehead atoms. The molecular weight excluding hydrogens is 376 g/mol. The molecule has 0 fully saturated rings. The number of benzene rings is 3. The molecule has 0 aliphatic heterocycles. The minimum atomic E-state index is -1.09. The van der Waals surface area contributed by atoms with Crippen LogP contribution in [0, 0.1) is 0 Å². The average Bonchev–Trinajstić information content (AvgIpc) is 2.72. The molecule has 4 nitrogen and oxygen atoms in total. The summed E-state index contributed by atoms with van der Waals surface area (Å²) in [5.41, 5.74) is 4.65. The summed E-state index contributed by atoms with van der Waals surface area (Å²) in [5.74, 6) is -1.50. The van der Waals surface area contributed by atoms with E-state index in [9.17, 15) is 19.8 Å². The molecule has 154 valence electrons. The molecule has 0 aliphatic rings. The minimum absolute atomic E-state index is 0.0835. The maximum absolute atomic E-state index is 12.0. The first-order chi connectivity index (χ1) is 14.2. The molecule has 2 N–H and O–H groups in total. The summed E-state index contributed by atoms with van der Waals surface area (Å²) in [6.45, 7) is 8.35. The zero-order chi connectivity index (χ0) is 22.0. The van der Waals surface area contributed by atoms with Gasteiger partial charge in [0.2, 0.25) is 0 Å². The molecule has 0 aromatic heterocycles. The molecular formula is C26H26O4. The minimum Gasteiger partial charge on any atom is -0.478 e. The summed E-state index contributed by atoms with van der Waals surface area (Å²) < 4.78 is 0. The number of hydrogen-bond donors (Lipinski definition) is 2. The Kier molecular flexibility index (Phi) is 6.06. The van der Waals surface area contributed by atoms with Crippen LogP contribution >= 0.6 is 0 Å². The maximum Gasteiger partial charge on any atom is 0.336 e. The van der Waals surface area contributed by atoms with Crippen LogP contribution in [0.4, 0.5) is 0 Å². The Labute approximate surface area is 176 Å². The first kappa shape index (κ1) is 21.3. The molecule has 3 rings (SSSR count). The van der Waals surface area contributed by atoms with E-state index in [1.165, 1.54) is 12.1 Å². The molecule has 0 unspecified atom stereocenters. The van der Waals surface area contributed by atoms with Crippen LogP contribution < -0.4 is 0 Å². The van der Waals surface area contributed by atoms with Crippen molar-refractivity contribution in [2.24, 2.45) is 0 Å². The lowest BCUT2D eigenvalue weighted by Crippen LogP contribution is -2.07. The van der Waals surface area contributed by atoms with Gasteiger partial charge in [-0.15, -0.1) is 0 Å². The molecule has 0 radical (unpaired) electrons. The van der Waals surface area contributed by atoms with Gasteiger partial charge in [-0.05, 0) is 46.2 Å². The van der Waals surface area contributed by atoms with Crippen molar-refractivity contribution in [3.63, 3.8) is 0 Å². The van der Waals surface area contributed by atoms with Gasteiger partial charge in [-0.3, -0.25) is 0 Å². The summed E-state index contributed by atoms with van der Waals surface area (Å²) in [7, 11) is 0. The highest BCUT2D eigenvalue weighted by molar-refractivity contribution is 6.08. The highest BCUT2D eigenvalue weighted by atomic mass is 16.4. The molecule has 0 spiro atoms. The molecule has 0 saturated heterocycles. The van der Waals surface area contributed by atoms with Crippen LogP contribution in [0.2, 0.25) is 0 Å². The van der Waals surface area contributed by atoms with Crippen LogP contribution in [0.5, 0.6) is 0 Å². The van der Waals surface area contributed by atoms with Crippen LogP contribution in [0.3, 0.4) is 0 Å². The molecule has 0 aliphatic carbocycles. The Morgan fingerprint density at radius 3 is 1.10 bits per heavy atom. The monoisotopic (exact) mass is 402 g/mol. The maximum atomic E-state index is 12.0. The second-order valence-electron chi connectivity index (χ2n) is 8.07. The van der Waals surface area contributed by atoms with E-state index in [4.69, 9.17) is 0 Å². The van der Waals surface area contributed by atoms with Crippen molar-refractivity contribution in [2.45, 2.75) is 39.5 Å². The summed E-state index contributed by atoms with van der Waals surface area (Å²) >= 11 is 0. The second-order valence-corrected chi connectivity index (χ2v) is 8.07. The molecule has 3 aromatic carbocycles. The molecule has 3 aromatic rings. The van der Waals surface area contributed by atoms with Crippen molar-refractivity contribution >= 4 is 11.9 Å². The number of rotatable bonds is 6. The standard InChI is InChI=1S/C26H26O4/c1-15(2)17-5-9-19(10-6-17)23-21(25(27)28)13-14-22(26(29)30)24(23)20-11-7-18(8-12-20)16(3)4/h5-16H,1-4H3,(H,27,28)(H,29,30). The van der Waals surface area contributed by atoms with E-state index in [1.54, 1.807) is 0 Å². The van der Waals surface area contributed by atoms with E-state index in [0.717, 1.165) is 11.1 Å². The van der Waals surface area contributed by atoms with Crippen LogP contribution in [0.25, 0.3) is 22.3 Å². The number of carbonyl (C=O) groups is 2. The zero-order valence-electron chi connectivity index (χ0n) is 17.6. The van der Waals surface area contributed by atoms with E-state index in [0.29, 0.717) is 34.1 Å². The van der Waals surface area contributed by atoms with Gasteiger partial charge in [-0.2, -0.15) is 0 Å². The van der Waals surface area contributed by atoms with E-state index >= 15 is 0 Å². The van der Waals surface area contributed by atoms with Crippen molar-refractivity contribution in [2.75, 3.05) is 0 Å².